The maximum atomic E-state index is 13.2. The van der Waals surface area contributed by atoms with E-state index in [-0.39, 0.29) is 18.7 Å². The topological polar surface area (TPSA) is 51.2 Å². The lowest BCUT2D eigenvalue weighted by Crippen LogP contribution is -2.24. The van der Waals surface area contributed by atoms with E-state index in [0.717, 1.165) is 11.6 Å². The van der Waals surface area contributed by atoms with Gasteiger partial charge < -0.3 is 10.1 Å². The molecule has 0 atom stereocenters. The molecule has 0 spiro atoms. The third-order valence-electron chi connectivity index (χ3n) is 2.57. The number of carbonyl (C=O) groups is 1. The van der Waals surface area contributed by atoms with Crippen LogP contribution in [0, 0.1) is 23.7 Å². The first-order valence-electron chi connectivity index (χ1n) is 6.40. The quantitative estimate of drug-likeness (QED) is 0.700. The fraction of sp³-hybridized carbons (Fsp3) is 0.125. The van der Waals surface area contributed by atoms with Gasteiger partial charge in [0.15, 0.2) is 0 Å². The standard InChI is InChI=1S/C16H12F2N2O2/c17-14-9-8-13(15(18)20-14)7-4-10-19-16(21)22-11-12-5-2-1-3-6-12/h1-3,5-6,8-9H,10-11H2,(H,19,21). The highest BCUT2D eigenvalue weighted by Gasteiger charge is 2.02. The van der Waals surface area contributed by atoms with Crippen LogP contribution in [0.3, 0.4) is 0 Å². The van der Waals surface area contributed by atoms with Crippen molar-refractivity contribution in [2.24, 2.45) is 0 Å². The van der Waals surface area contributed by atoms with E-state index in [1.807, 2.05) is 30.3 Å². The average Bonchev–Trinajstić information content (AvgIpc) is 2.52. The zero-order valence-electron chi connectivity index (χ0n) is 11.5. The van der Waals surface area contributed by atoms with E-state index >= 15 is 0 Å². The molecule has 112 valence electrons. The molecule has 0 fully saturated rings. The van der Waals surface area contributed by atoms with Crippen LogP contribution in [-0.2, 0) is 11.3 Å². The minimum absolute atomic E-state index is 0.0234. The van der Waals surface area contributed by atoms with Crippen LogP contribution in [0.5, 0.6) is 0 Å². The number of benzene rings is 1. The number of hydrogen-bond donors (Lipinski definition) is 1. The van der Waals surface area contributed by atoms with Crippen molar-refractivity contribution in [1.82, 2.24) is 10.3 Å². The Morgan fingerprint density at radius 1 is 1.18 bits per heavy atom. The van der Waals surface area contributed by atoms with Gasteiger partial charge in [-0.2, -0.15) is 13.8 Å². The van der Waals surface area contributed by atoms with Crippen LogP contribution in [0.15, 0.2) is 42.5 Å². The van der Waals surface area contributed by atoms with Gasteiger partial charge in [-0.15, -0.1) is 0 Å². The van der Waals surface area contributed by atoms with Gasteiger partial charge in [0.05, 0.1) is 12.1 Å². The number of ether oxygens (including phenoxy) is 1. The summed E-state index contributed by atoms with van der Waals surface area (Å²) in [6.45, 7) is 0.126. The van der Waals surface area contributed by atoms with Gasteiger partial charge in [0.2, 0.25) is 11.9 Å². The summed E-state index contributed by atoms with van der Waals surface area (Å²) in [5.74, 6) is 3.07. The summed E-state index contributed by atoms with van der Waals surface area (Å²) >= 11 is 0. The summed E-state index contributed by atoms with van der Waals surface area (Å²) < 4.78 is 30.7. The van der Waals surface area contributed by atoms with E-state index in [9.17, 15) is 13.6 Å². The smallest absolute Gasteiger partial charge is 0.408 e. The van der Waals surface area contributed by atoms with E-state index in [1.54, 1.807) is 0 Å². The Hall–Kier alpha value is -2.94. The van der Waals surface area contributed by atoms with Crippen LogP contribution < -0.4 is 5.32 Å². The molecule has 0 saturated carbocycles. The minimum Gasteiger partial charge on any atom is -0.445 e. The Labute approximate surface area is 126 Å². The van der Waals surface area contributed by atoms with Gasteiger partial charge in [0.1, 0.15) is 6.61 Å². The van der Waals surface area contributed by atoms with Crippen molar-refractivity contribution in [2.45, 2.75) is 6.61 Å². The van der Waals surface area contributed by atoms with Crippen molar-refractivity contribution in [3.8, 4) is 11.8 Å². The van der Waals surface area contributed by atoms with E-state index in [2.05, 4.69) is 22.1 Å². The summed E-state index contributed by atoms with van der Waals surface area (Å²) in [5.41, 5.74) is 0.823. The van der Waals surface area contributed by atoms with Gasteiger partial charge in [-0.3, -0.25) is 0 Å². The van der Waals surface area contributed by atoms with Gasteiger partial charge in [-0.25, -0.2) is 4.79 Å². The minimum atomic E-state index is -0.987. The molecule has 0 radical (unpaired) electrons. The fourth-order valence-electron chi connectivity index (χ4n) is 1.54. The number of nitrogens with zero attached hydrogens (tertiary/aromatic N) is 1. The molecule has 4 nitrogen and oxygen atoms in total. The predicted molar refractivity (Wildman–Crippen MR) is 75.7 cm³/mol. The Bertz CT molecular complexity index is 709. The second-order valence-electron chi connectivity index (χ2n) is 4.19. The monoisotopic (exact) mass is 302 g/mol. The number of halogens is 2. The maximum absolute atomic E-state index is 13.2. The summed E-state index contributed by atoms with van der Waals surface area (Å²) in [7, 11) is 0. The number of nitrogens with one attached hydrogen (secondary N) is 1. The number of pyridine rings is 1. The molecule has 1 aromatic carbocycles. The van der Waals surface area contributed by atoms with Gasteiger partial charge in [-0.05, 0) is 17.7 Å². The highest BCUT2D eigenvalue weighted by molar-refractivity contribution is 5.67. The molecule has 2 rings (SSSR count). The molecule has 0 aliphatic heterocycles. The second kappa shape index (κ2) is 7.74. The molecule has 0 bridgehead atoms. The van der Waals surface area contributed by atoms with Crippen LogP contribution in [0.2, 0.25) is 0 Å². The predicted octanol–water partition coefficient (Wildman–Crippen LogP) is 2.64. The SMILES string of the molecule is O=C(NCC#Cc1ccc(F)nc1F)OCc1ccccc1. The van der Waals surface area contributed by atoms with Crippen molar-refractivity contribution in [2.75, 3.05) is 6.54 Å². The molecule has 6 heteroatoms. The molecule has 1 amide bonds. The van der Waals surface area contributed by atoms with Gasteiger partial charge in [0, 0.05) is 0 Å². The number of aromatic nitrogens is 1. The van der Waals surface area contributed by atoms with Crippen LogP contribution in [0.4, 0.5) is 13.6 Å². The molecule has 0 unspecified atom stereocenters. The Balaban J connectivity index is 1.76. The summed E-state index contributed by atoms with van der Waals surface area (Å²) in [6.07, 6.45) is -0.629. The first-order valence-corrected chi connectivity index (χ1v) is 6.40. The van der Waals surface area contributed by atoms with E-state index in [0.29, 0.717) is 0 Å². The highest BCUT2D eigenvalue weighted by Crippen LogP contribution is 2.03. The second-order valence-corrected chi connectivity index (χ2v) is 4.19. The number of hydrogen-bond acceptors (Lipinski definition) is 3. The van der Waals surface area contributed by atoms with Gasteiger partial charge >= 0.3 is 6.09 Å². The molecule has 22 heavy (non-hydrogen) atoms. The van der Waals surface area contributed by atoms with Crippen molar-refractivity contribution < 1.29 is 18.3 Å². The largest absolute Gasteiger partial charge is 0.445 e. The van der Waals surface area contributed by atoms with Crippen LogP contribution in [0.25, 0.3) is 0 Å². The lowest BCUT2D eigenvalue weighted by atomic mass is 10.2. The molecular formula is C16H12F2N2O2. The molecular weight excluding hydrogens is 290 g/mol. The van der Waals surface area contributed by atoms with Crippen molar-refractivity contribution in [3.63, 3.8) is 0 Å². The number of rotatable bonds is 3. The molecule has 0 aliphatic rings. The van der Waals surface area contributed by atoms with Crippen molar-refractivity contribution in [3.05, 3.63) is 65.5 Å². The first kappa shape index (κ1) is 15.4. The molecule has 1 aromatic heterocycles. The normalized spacial score (nSPS) is 9.55. The van der Waals surface area contributed by atoms with Crippen molar-refractivity contribution in [1.29, 1.82) is 0 Å². The average molecular weight is 302 g/mol. The van der Waals surface area contributed by atoms with Crippen LogP contribution in [0.1, 0.15) is 11.1 Å². The van der Waals surface area contributed by atoms with E-state index in [1.165, 1.54) is 6.07 Å². The van der Waals surface area contributed by atoms with Gasteiger partial charge in [-0.1, -0.05) is 42.2 Å². The fourth-order valence-corrected chi connectivity index (χ4v) is 1.54. The number of alkyl carbamates (subject to hydrolysis) is 1. The lowest BCUT2D eigenvalue weighted by Gasteiger charge is -2.04. The molecule has 0 aliphatic carbocycles. The molecule has 1 N–H and O–H groups in total. The highest BCUT2D eigenvalue weighted by atomic mass is 19.1. The van der Waals surface area contributed by atoms with E-state index < -0.39 is 18.0 Å². The number of amides is 1. The zero-order valence-corrected chi connectivity index (χ0v) is 11.5. The van der Waals surface area contributed by atoms with Gasteiger partial charge in [0.25, 0.3) is 0 Å². The summed E-state index contributed by atoms with van der Waals surface area (Å²) in [5, 5.41) is 2.40. The number of carbonyl (C=O) groups excluding carboxylic acids is 1. The lowest BCUT2D eigenvalue weighted by molar-refractivity contribution is 0.141. The Morgan fingerprint density at radius 2 is 1.95 bits per heavy atom. The first-order chi connectivity index (χ1) is 10.6. The molecule has 0 saturated heterocycles. The third-order valence-corrected chi connectivity index (χ3v) is 2.57. The summed E-state index contributed by atoms with van der Waals surface area (Å²) in [6, 6.07) is 11.4. The Kier molecular flexibility index (Phi) is 5.44. The maximum Gasteiger partial charge on any atom is 0.408 e. The van der Waals surface area contributed by atoms with E-state index in [4.69, 9.17) is 4.74 Å². The van der Waals surface area contributed by atoms with Crippen LogP contribution >= 0.6 is 0 Å². The van der Waals surface area contributed by atoms with Crippen molar-refractivity contribution >= 4 is 6.09 Å². The zero-order chi connectivity index (χ0) is 15.8. The molecule has 2 aromatic rings. The third kappa shape index (κ3) is 4.87. The molecule has 1 heterocycles. The Morgan fingerprint density at radius 3 is 2.68 bits per heavy atom. The summed E-state index contributed by atoms with van der Waals surface area (Å²) in [4.78, 5) is 14.4. The van der Waals surface area contributed by atoms with Crippen LogP contribution in [-0.4, -0.2) is 17.6 Å².